The average Bonchev–Trinajstić information content (AvgIpc) is 2.64. The summed E-state index contributed by atoms with van der Waals surface area (Å²) in [4.78, 5) is 11.1. The van der Waals surface area contributed by atoms with Gasteiger partial charge in [0.1, 0.15) is 5.75 Å². The summed E-state index contributed by atoms with van der Waals surface area (Å²) in [5.41, 5.74) is 0.952. The molecule has 0 aliphatic carbocycles. The van der Waals surface area contributed by atoms with Crippen molar-refractivity contribution in [3.8, 4) is 23.0 Å². The number of hydrogen-bond donors (Lipinski definition) is 0. The van der Waals surface area contributed by atoms with Crippen LogP contribution < -0.4 is 18.9 Å². The average molecular weight is 345 g/mol. The molecule has 0 radical (unpaired) electrons. The van der Waals surface area contributed by atoms with E-state index in [1.165, 1.54) is 34.5 Å². The molecule has 0 saturated heterocycles. The molecule has 2 aromatic carbocycles. The van der Waals surface area contributed by atoms with Gasteiger partial charge < -0.3 is 18.9 Å². The normalized spacial score (nSPS) is 11.0. The molecule has 0 N–H and O–H groups in total. The van der Waals surface area contributed by atoms with Crippen LogP contribution in [0, 0.1) is 10.1 Å². The summed E-state index contributed by atoms with van der Waals surface area (Å²) in [6, 6.07) is 9.89. The summed E-state index contributed by atoms with van der Waals surface area (Å²) in [7, 11) is 6.01. The third-order valence-electron chi connectivity index (χ3n) is 3.57. The molecule has 0 spiro atoms. The van der Waals surface area contributed by atoms with Gasteiger partial charge in [0.15, 0.2) is 11.5 Å². The number of benzene rings is 2. The third kappa shape index (κ3) is 4.00. The largest absolute Gasteiger partial charge is 0.497 e. The van der Waals surface area contributed by atoms with Gasteiger partial charge in [0, 0.05) is 6.08 Å². The molecule has 0 atom stereocenters. The summed E-state index contributed by atoms with van der Waals surface area (Å²) in [5, 5.41) is 11.5. The molecule has 0 aliphatic heterocycles. The minimum absolute atomic E-state index is 0.0584. The number of hydrogen-bond acceptors (Lipinski definition) is 6. The van der Waals surface area contributed by atoms with Gasteiger partial charge in [-0.1, -0.05) is 0 Å². The van der Waals surface area contributed by atoms with E-state index in [9.17, 15) is 10.1 Å². The highest BCUT2D eigenvalue weighted by atomic mass is 16.6. The number of ether oxygens (including phenoxy) is 4. The Labute approximate surface area is 145 Å². The molecule has 0 fully saturated rings. The van der Waals surface area contributed by atoms with Crippen LogP contribution in [-0.4, -0.2) is 33.4 Å². The van der Waals surface area contributed by atoms with Crippen molar-refractivity contribution in [2.24, 2.45) is 0 Å². The van der Waals surface area contributed by atoms with E-state index >= 15 is 0 Å². The van der Waals surface area contributed by atoms with Crippen molar-refractivity contribution in [1.29, 1.82) is 0 Å². The second-order valence-corrected chi connectivity index (χ2v) is 4.97. The molecule has 0 aliphatic rings. The van der Waals surface area contributed by atoms with Crippen molar-refractivity contribution in [2.75, 3.05) is 28.4 Å². The lowest BCUT2D eigenvalue weighted by atomic mass is 10.1. The predicted octanol–water partition coefficient (Wildman–Crippen LogP) is 3.50. The highest BCUT2D eigenvalue weighted by Crippen LogP contribution is 2.39. The van der Waals surface area contributed by atoms with Gasteiger partial charge in [-0.15, -0.1) is 0 Å². The van der Waals surface area contributed by atoms with Gasteiger partial charge in [0.2, 0.25) is 5.75 Å². The Kier molecular flexibility index (Phi) is 5.84. The lowest BCUT2D eigenvalue weighted by molar-refractivity contribution is -0.374. The molecule has 132 valence electrons. The Hall–Kier alpha value is -3.22. The zero-order valence-corrected chi connectivity index (χ0v) is 14.4. The maximum atomic E-state index is 11.5. The zero-order valence-electron chi connectivity index (χ0n) is 14.4. The standard InChI is InChI=1S/C18H19NO6/c1-22-14-7-5-13(6-8-14)15(19(20)21)9-12-10-16(23-2)18(25-4)17(11-12)24-3/h5-11H,1-4H3/b15-9-. The van der Waals surface area contributed by atoms with Crippen LogP contribution in [0.5, 0.6) is 23.0 Å². The van der Waals surface area contributed by atoms with Gasteiger partial charge >= 0.3 is 0 Å². The molecule has 7 nitrogen and oxygen atoms in total. The van der Waals surface area contributed by atoms with E-state index in [4.69, 9.17) is 18.9 Å². The second-order valence-electron chi connectivity index (χ2n) is 4.97. The van der Waals surface area contributed by atoms with E-state index < -0.39 is 4.92 Å². The molecule has 2 aromatic rings. The lowest BCUT2D eigenvalue weighted by Crippen LogP contribution is -1.99. The Morgan fingerprint density at radius 3 is 1.88 bits per heavy atom. The molecular formula is C18H19NO6. The Balaban J connectivity index is 2.54. The molecular weight excluding hydrogens is 326 g/mol. The topological polar surface area (TPSA) is 80.1 Å². The highest BCUT2D eigenvalue weighted by molar-refractivity contribution is 5.78. The Morgan fingerprint density at radius 1 is 0.920 bits per heavy atom. The first-order valence-corrected chi connectivity index (χ1v) is 7.34. The van der Waals surface area contributed by atoms with E-state index in [1.54, 1.807) is 36.4 Å². The summed E-state index contributed by atoms with van der Waals surface area (Å²) in [6.45, 7) is 0. The van der Waals surface area contributed by atoms with Crippen LogP contribution >= 0.6 is 0 Å². The minimum atomic E-state index is -0.439. The number of rotatable bonds is 7. The predicted molar refractivity (Wildman–Crippen MR) is 94.0 cm³/mol. The first-order chi connectivity index (χ1) is 12.0. The van der Waals surface area contributed by atoms with Gasteiger partial charge in [-0.25, -0.2) is 0 Å². The van der Waals surface area contributed by atoms with E-state index in [1.807, 2.05) is 0 Å². The quantitative estimate of drug-likeness (QED) is 0.434. The van der Waals surface area contributed by atoms with Crippen LogP contribution in [-0.2, 0) is 0 Å². The smallest absolute Gasteiger partial charge is 0.277 e. The molecule has 7 heteroatoms. The second kappa shape index (κ2) is 8.05. The monoisotopic (exact) mass is 345 g/mol. The first kappa shape index (κ1) is 18.1. The van der Waals surface area contributed by atoms with Gasteiger partial charge in [-0.2, -0.15) is 0 Å². The summed E-state index contributed by atoms with van der Waals surface area (Å²) in [6.07, 6.45) is 1.45. The van der Waals surface area contributed by atoms with Crippen LogP contribution in [0.2, 0.25) is 0 Å². The fourth-order valence-electron chi connectivity index (χ4n) is 2.35. The van der Waals surface area contributed by atoms with Crippen LogP contribution in [0.3, 0.4) is 0 Å². The van der Waals surface area contributed by atoms with Crippen molar-refractivity contribution in [1.82, 2.24) is 0 Å². The van der Waals surface area contributed by atoms with Crippen molar-refractivity contribution in [3.63, 3.8) is 0 Å². The summed E-state index contributed by atoms with van der Waals surface area (Å²) in [5.74, 6) is 1.89. The number of nitro groups is 1. The highest BCUT2D eigenvalue weighted by Gasteiger charge is 2.17. The van der Waals surface area contributed by atoms with Crippen LogP contribution in [0.1, 0.15) is 11.1 Å². The van der Waals surface area contributed by atoms with Crippen molar-refractivity contribution < 1.29 is 23.9 Å². The molecule has 25 heavy (non-hydrogen) atoms. The number of nitrogens with zero attached hydrogens (tertiary/aromatic N) is 1. The van der Waals surface area contributed by atoms with E-state index in [-0.39, 0.29) is 5.70 Å². The van der Waals surface area contributed by atoms with Crippen LogP contribution in [0.4, 0.5) is 0 Å². The van der Waals surface area contributed by atoms with Crippen molar-refractivity contribution >= 4 is 11.8 Å². The fourth-order valence-corrected chi connectivity index (χ4v) is 2.35. The van der Waals surface area contributed by atoms with Gasteiger partial charge in [0.25, 0.3) is 5.70 Å². The van der Waals surface area contributed by atoms with Crippen molar-refractivity contribution in [2.45, 2.75) is 0 Å². The third-order valence-corrected chi connectivity index (χ3v) is 3.57. The maximum Gasteiger partial charge on any atom is 0.277 e. The number of methoxy groups -OCH3 is 4. The summed E-state index contributed by atoms with van der Waals surface area (Å²) >= 11 is 0. The molecule has 2 rings (SSSR count). The lowest BCUT2D eigenvalue weighted by Gasteiger charge is -2.13. The van der Waals surface area contributed by atoms with Crippen molar-refractivity contribution in [3.05, 3.63) is 57.6 Å². The Bertz CT molecular complexity index is 758. The van der Waals surface area contributed by atoms with Gasteiger partial charge in [0.05, 0.1) is 38.9 Å². The molecule has 0 heterocycles. The fraction of sp³-hybridized carbons (Fsp3) is 0.222. The molecule has 0 saturated carbocycles. The van der Waals surface area contributed by atoms with Crippen LogP contribution in [0.15, 0.2) is 36.4 Å². The summed E-state index contributed by atoms with van der Waals surface area (Å²) < 4.78 is 20.9. The Morgan fingerprint density at radius 2 is 1.48 bits per heavy atom. The minimum Gasteiger partial charge on any atom is -0.497 e. The first-order valence-electron chi connectivity index (χ1n) is 7.34. The van der Waals surface area contributed by atoms with Gasteiger partial charge in [-0.3, -0.25) is 10.1 Å². The van der Waals surface area contributed by atoms with Crippen LogP contribution in [0.25, 0.3) is 11.8 Å². The van der Waals surface area contributed by atoms with E-state index in [0.717, 1.165) is 0 Å². The SMILES string of the molecule is COc1ccc(/C(=C/c2cc(OC)c(OC)c(OC)c2)[N+](=O)[O-])cc1. The molecule has 0 aromatic heterocycles. The molecule has 0 bridgehead atoms. The maximum absolute atomic E-state index is 11.5. The van der Waals surface area contributed by atoms with Gasteiger partial charge in [-0.05, 0) is 42.0 Å². The zero-order chi connectivity index (χ0) is 18.4. The molecule has 0 amide bonds. The van der Waals surface area contributed by atoms with E-state index in [2.05, 4.69) is 0 Å². The molecule has 0 unspecified atom stereocenters. The van der Waals surface area contributed by atoms with E-state index in [0.29, 0.717) is 34.1 Å².